The van der Waals surface area contributed by atoms with E-state index in [4.69, 9.17) is 0 Å². The van der Waals surface area contributed by atoms with Gasteiger partial charge in [-0.1, -0.05) is 0 Å². The highest BCUT2D eigenvalue weighted by molar-refractivity contribution is 7.98. The number of nitrogens with one attached hydrogen (secondary N) is 1. The molecule has 1 aromatic rings. The van der Waals surface area contributed by atoms with Crippen molar-refractivity contribution in [2.75, 3.05) is 18.6 Å². The Morgan fingerprint density at radius 3 is 3.13 bits per heavy atom. The van der Waals surface area contributed by atoms with Gasteiger partial charge >= 0.3 is 0 Å². The van der Waals surface area contributed by atoms with Crippen LogP contribution in [0.1, 0.15) is 16.8 Å². The Balaban J connectivity index is 2.44. The molecular formula is C10H14N2O2S. The number of amides is 1. The van der Waals surface area contributed by atoms with Gasteiger partial charge in [0.05, 0.1) is 11.8 Å². The normalized spacial score (nSPS) is 9.93. The zero-order chi connectivity index (χ0) is 11.1. The van der Waals surface area contributed by atoms with Gasteiger partial charge in [0.15, 0.2) is 0 Å². The summed E-state index contributed by atoms with van der Waals surface area (Å²) in [5.74, 6) is 0.679. The lowest BCUT2D eigenvalue weighted by Crippen LogP contribution is -2.24. The van der Waals surface area contributed by atoms with Crippen molar-refractivity contribution in [2.24, 2.45) is 0 Å². The predicted octanol–water partition coefficient (Wildman–Crippen LogP) is 1.27. The molecule has 0 spiro atoms. The van der Waals surface area contributed by atoms with Crippen molar-refractivity contribution in [3.8, 4) is 5.75 Å². The van der Waals surface area contributed by atoms with Crippen molar-refractivity contribution < 1.29 is 9.90 Å². The molecule has 4 nitrogen and oxygen atoms in total. The van der Waals surface area contributed by atoms with Gasteiger partial charge in [-0.3, -0.25) is 9.78 Å². The fourth-order valence-corrected chi connectivity index (χ4v) is 1.52. The van der Waals surface area contributed by atoms with Gasteiger partial charge in [-0.25, -0.2) is 0 Å². The van der Waals surface area contributed by atoms with Crippen LogP contribution in [0, 0.1) is 0 Å². The molecule has 0 unspecified atom stereocenters. The van der Waals surface area contributed by atoms with Gasteiger partial charge in [0.2, 0.25) is 0 Å². The van der Waals surface area contributed by atoms with E-state index in [0.717, 1.165) is 12.2 Å². The fourth-order valence-electron chi connectivity index (χ4n) is 1.09. The number of thioether (sulfide) groups is 1. The van der Waals surface area contributed by atoms with Crippen molar-refractivity contribution in [1.82, 2.24) is 10.3 Å². The molecule has 0 fully saturated rings. The number of hydrogen-bond acceptors (Lipinski definition) is 4. The Morgan fingerprint density at radius 1 is 1.67 bits per heavy atom. The molecule has 1 heterocycles. The summed E-state index contributed by atoms with van der Waals surface area (Å²) in [5.41, 5.74) is 0.272. The van der Waals surface area contributed by atoms with Gasteiger partial charge in [0.1, 0.15) is 5.75 Å². The SMILES string of the molecule is CSCCCNC(=O)c1ccncc1O. The van der Waals surface area contributed by atoms with E-state index in [9.17, 15) is 9.90 Å². The summed E-state index contributed by atoms with van der Waals surface area (Å²) in [5, 5.41) is 12.1. The van der Waals surface area contributed by atoms with Crippen LogP contribution in [0.25, 0.3) is 0 Å². The minimum absolute atomic E-state index is 0.0835. The summed E-state index contributed by atoms with van der Waals surface area (Å²) < 4.78 is 0. The number of rotatable bonds is 5. The third kappa shape index (κ3) is 3.79. The van der Waals surface area contributed by atoms with Gasteiger partial charge < -0.3 is 10.4 Å². The Bertz CT molecular complexity index is 331. The Morgan fingerprint density at radius 2 is 2.47 bits per heavy atom. The quantitative estimate of drug-likeness (QED) is 0.742. The predicted molar refractivity (Wildman–Crippen MR) is 61.2 cm³/mol. The molecule has 5 heteroatoms. The number of pyridine rings is 1. The first-order valence-electron chi connectivity index (χ1n) is 4.66. The van der Waals surface area contributed by atoms with Crippen molar-refractivity contribution in [1.29, 1.82) is 0 Å². The zero-order valence-electron chi connectivity index (χ0n) is 8.56. The molecule has 0 aliphatic heterocycles. The second-order valence-corrected chi connectivity index (χ2v) is 3.98. The van der Waals surface area contributed by atoms with Gasteiger partial charge in [0.25, 0.3) is 5.91 Å². The van der Waals surface area contributed by atoms with Crippen LogP contribution in [-0.2, 0) is 0 Å². The number of carbonyl (C=O) groups is 1. The monoisotopic (exact) mass is 226 g/mol. The summed E-state index contributed by atoms with van der Waals surface area (Å²) in [6, 6.07) is 1.50. The van der Waals surface area contributed by atoms with Gasteiger partial charge in [0, 0.05) is 12.7 Å². The number of aromatic nitrogens is 1. The smallest absolute Gasteiger partial charge is 0.255 e. The number of carbonyl (C=O) groups excluding carboxylic acids is 1. The molecule has 0 bridgehead atoms. The first-order valence-corrected chi connectivity index (χ1v) is 6.05. The minimum atomic E-state index is -0.254. The molecule has 1 amide bonds. The first-order chi connectivity index (χ1) is 7.25. The van der Waals surface area contributed by atoms with E-state index in [1.165, 1.54) is 18.5 Å². The second kappa shape index (κ2) is 6.29. The average molecular weight is 226 g/mol. The molecule has 2 N–H and O–H groups in total. The lowest BCUT2D eigenvalue weighted by molar-refractivity contribution is 0.0951. The molecule has 0 atom stereocenters. The van der Waals surface area contributed by atoms with Gasteiger partial charge in [-0.05, 0) is 24.5 Å². The Hall–Kier alpha value is -1.23. The van der Waals surface area contributed by atoms with Crippen LogP contribution in [0.5, 0.6) is 5.75 Å². The maximum absolute atomic E-state index is 11.5. The van der Waals surface area contributed by atoms with E-state index in [0.29, 0.717) is 6.54 Å². The maximum Gasteiger partial charge on any atom is 0.255 e. The third-order valence-electron chi connectivity index (χ3n) is 1.86. The molecule has 0 aliphatic rings. The highest BCUT2D eigenvalue weighted by Gasteiger charge is 2.09. The molecule has 15 heavy (non-hydrogen) atoms. The Labute approximate surface area is 93.1 Å². The molecule has 82 valence electrons. The van der Waals surface area contributed by atoms with Crippen LogP contribution in [-0.4, -0.2) is 34.6 Å². The molecule has 0 aliphatic carbocycles. The minimum Gasteiger partial charge on any atom is -0.505 e. The highest BCUT2D eigenvalue weighted by atomic mass is 32.2. The molecule has 0 saturated carbocycles. The van der Waals surface area contributed by atoms with Crippen molar-refractivity contribution in [3.63, 3.8) is 0 Å². The van der Waals surface area contributed by atoms with E-state index in [1.54, 1.807) is 11.8 Å². The van der Waals surface area contributed by atoms with E-state index in [-0.39, 0.29) is 17.2 Å². The summed E-state index contributed by atoms with van der Waals surface area (Å²) in [7, 11) is 0. The number of aromatic hydroxyl groups is 1. The molecule has 0 aromatic carbocycles. The number of nitrogens with zero attached hydrogens (tertiary/aromatic N) is 1. The lowest BCUT2D eigenvalue weighted by Gasteiger charge is -2.05. The maximum atomic E-state index is 11.5. The standard InChI is InChI=1S/C10H14N2O2S/c1-15-6-2-4-12-10(14)8-3-5-11-7-9(8)13/h3,5,7,13H,2,4,6H2,1H3,(H,12,14). The average Bonchev–Trinajstić information content (AvgIpc) is 2.25. The lowest BCUT2D eigenvalue weighted by atomic mass is 10.2. The van der Waals surface area contributed by atoms with Crippen molar-refractivity contribution in [3.05, 3.63) is 24.0 Å². The summed E-state index contributed by atoms with van der Waals surface area (Å²) in [4.78, 5) is 15.2. The first kappa shape index (κ1) is 11.8. The van der Waals surface area contributed by atoms with Crippen LogP contribution in [0.2, 0.25) is 0 Å². The molecule has 0 radical (unpaired) electrons. The van der Waals surface area contributed by atoms with Gasteiger partial charge in [-0.15, -0.1) is 0 Å². The topological polar surface area (TPSA) is 62.2 Å². The van der Waals surface area contributed by atoms with Crippen LogP contribution >= 0.6 is 11.8 Å². The Kier molecular flexibility index (Phi) is 4.97. The van der Waals surface area contributed by atoms with E-state index in [1.807, 2.05) is 6.26 Å². The van der Waals surface area contributed by atoms with Gasteiger partial charge in [-0.2, -0.15) is 11.8 Å². The molecule has 1 aromatic heterocycles. The van der Waals surface area contributed by atoms with Crippen LogP contribution in [0.3, 0.4) is 0 Å². The number of hydrogen-bond donors (Lipinski definition) is 2. The third-order valence-corrected chi connectivity index (χ3v) is 2.55. The van der Waals surface area contributed by atoms with E-state index < -0.39 is 0 Å². The van der Waals surface area contributed by atoms with Crippen LogP contribution < -0.4 is 5.32 Å². The van der Waals surface area contributed by atoms with Crippen molar-refractivity contribution >= 4 is 17.7 Å². The van der Waals surface area contributed by atoms with E-state index in [2.05, 4.69) is 10.3 Å². The van der Waals surface area contributed by atoms with Crippen LogP contribution in [0.4, 0.5) is 0 Å². The fraction of sp³-hybridized carbons (Fsp3) is 0.400. The van der Waals surface area contributed by atoms with Crippen molar-refractivity contribution in [2.45, 2.75) is 6.42 Å². The van der Waals surface area contributed by atoms with Crippen LogP contribution in [0.15, 0.2) is 18.5 Å². The largest absolute Gasteiger partial charge is 0.505 e. The molecular weight excluding hydrogens is 212 g/mol. The van der Waals surface area contributed by atoms with E-state index >= 15 is 0 Å². The molecule has 1 rings (SSSR count). The molecule has 0 saturated heterocycles. The summed E-state index contributed by atoms with van der Waals surface area (Å²) >= 11 is 1.74. The highest BCUT2D eigenvalue weighted by Crippen LogP contribution is 2.13. The zero-order valence-corrected chi connectivity index (χ0v) is 9.38. The summed E-state index contributed by atoms with van der Waals surface area (Å²) in [6.07, 6.45) is 5.70. The second-order valence-electron chi connectivity index (χ2n) is 3.00. The summed E-state index contributed by atoms with van der Waals surface area (Å²) in [6.45, 7) is 0.626.